The summed E-state index contributed by atoms with van der Waals surface area (Å²) < 4.78 is 36.2. The summed E-state index contributed by atoms with van der Waals surface area (Å²) in [7, 11) is 0. The second kappa shape index (κ2) is 9.53. The summed E-state index contributed by atoms with van der Waals surface area (Å²) in [5, 5.41) is 8.39. The molecule has 0 saturated heterocycles. The van der Waals surface area contributed by atoms with Crippen LogP contribution in [0, 0.1) is 5.92 Å². The van der Waals surface area contributed by atoms with Crippen LogP contribution < -0.4 is 16.0 Å². The fourth-order valence-corrected chi connectivity index (χ4v) is 1.96. The average Bonchev–Trinajstić information content (AvgIpc) is 2.34. The van der Waals surface area contributed by atoms with Gasteiger partial charge in [0, 0.05) is 32.1 Å². The highest BCUT2D eigenvalue weighted by molar-refractivity contribution is 5.80. The minimum absolute atomic E-state index is 0.102. The second-order valence-electron chi connectivity index (χ2n) is 5.33. The standard InChI is InChI=1S/C14H25F3N4O/c1-2-18-13(21-10-7-14(15,16)17)20-9-4-8-19-12(22)11-5-3-6-11/h11H,2-10H2,1H3,(H,19,22)(H2,18,20,21). The molecule has 1 fully saturated rings. The van der Waals surface area contributed by atoms with Crippen molar-refractivity contribution in [1.82, 2.24) is 16.0 Å². The van der Waals surface area contributed by atoms with E-state index in [-0.39, 0.29) is 18.4 Å². The van der Waals surface area contributed by atoms with Gasteiger partial charge in [-0.05, 0) is 26.2 Å². The number of guanidine groups is 1. The predicted molar refractivity (Wildman–Crippen MR) is 79.6 cm³/mol. The van der Waals surface area contributed by atoms with Crippen LogP contribution in [0.5, 0.6) is 0 Å². The van der Waals surface area contributed by atoms with Crippen LogP contribution in [0.25, 0.3) is 0 Å². The van der Waals surface area contributed by atoms with Crippen LogP contribution in [0.4, 0.5) is 13.2 Å². The first kappa shape index (κ1) is 18.6. The summed E-state index contributed by atoms with van der Waals surface area (Å²) in [6.07, 6.45) is -1.34. The summed E-state index contributed by atoms with van der Waals surface area (Å²) >= 11 is 0. The Bertz CT molecular complexity index is 368. The topological polar surface area (TPSA) is 65.5 Å². The number of nitrogens with one attached hydrogen (secondary N) is 3. The Morgan fingerprint density at radius 1 is 1.18 bits per heavy atom. The fourth-order valence-electron chi connectivity index (χ4n) is 1.96. The second-order valence-corrected chi connectivity index (χ2v) is 5.33. The number of amides is 1. The van der Waals surface area contributed by atoms with E-state index in [4.69, 9.17) is 0 Å². The number of hydrogen-bond donors (Lipinski definition) is 3. The van der Waals surface area contributed by atoms with Gasteiger partial charge in [-0.1, -0.05) is 6.42 Å². The van der Waals surface area contributed by atoms with Crippen molar-refractivity contribution < 1.29 is 18.0 Å². The number of halogens is 3. The molecule has 5 nitrogen and oxygen atoms in total. The Kier molecular flexibility index (Phi) is 8.05. The van der Waals surface area contributed by atoms with E-state index in [0.29, 0.717) is 32.0 Å². The first-order valence-corrected chi connectivity index (χ1v) is 7.79. The molecular formula is C14H25F3N4O. The van der Waals surface area contributed by atoms with Crippen LogP contribution in [-0.4, -0.2) is 44.2 Å². The minimum atomic E-state index is -4.17. The van der Waals surface area contributed by atoms with Gasteiger partial charge in [-0.2, -0.15) is 13.2 Å². The van der Waals surface area contributed by atoms with E-state index in [1.54, 1.807) is 0 Å². The molecule has 3 N–H and O–H groups in total. The van der Waals surface area contributed by atoms with Gasteiger partial charge in [0.2, 0.25) is 5.91 Å². The molecular weight excluding hydrogens is 297 g/mol. The fraction of sp³-hybridized carbons (Fsp3) is 0.857. The molecule has 0 bridgehead atoms. The third-order valence-corrected chi connectivity index (χ3v) is 3.43. The lowest BCUT2D eigenvalue weighted by molar-refractivity contribution is -0.133. The number of carbonyl (C=O) groups excluding carboxylic acids is 1. The van der Waals surface area contributed by atoms with E-state index >= 15 is 0 Å². The lowest BCUT2D eigenvalue weighted by Gasteiger charge is -2.23. The van der Waals surface area contributed by atoms with Crippen LogP contribution in [-0.2, 0) is 4.79 Å². The van der Waals surface area contributed by atoms with Crippen molar-refractivity contribution in [2.24, 2.45) is 10.9 Å². The van der Waals surface area contributed by atoms with E-state index in [0.717, 1.165) is 19.3 Å². The number of nitrogens with zero attached hydrogens (tertiary/aromatic N) is 1. The molecule has 128 valence electrons. The third kappa shape index (κ3) is 8.09. The molecule has 0 aromatic heterocycles. The molecule has 0 radical (unpaired) electrons. The molecule has 0 aliphatic heterocycles. The van der Waals surface area contributed by atoms with Crippen LogP contribution >= 0.6 is 0 Å². The lowest BCUT2D eigenvalue weighted by Crippen LogP contribution is -2.39. The summed E-state index contributed by atoms with van der Waals surface area (Å²) in [5.41, 5.74) is 0. The van der Waals surface area contributed by atoms with E-state index in [1.807, 2.05) is 6.92 Å². The van der Waals surface area contributed by atoms with Crippen molar-refractivity contribution in [3.63, 3.8) is 0 Å². The van der Waals surface area contributed by atoms with Crippen molar-refractivity contribution in [3.05, 3.63) is 0 Å². The van der Waals surface area contributed by atoms with Crippen molar-refractivity contribution in [2.75, 3.05) is 26.2 Å². The van der Waals surface area contributed by atoms with Crippen LogP contribution in [0.15, 0.2) is 4.99 Å². The molecule has 8 heteroatoms. The molecule has 22 heavy (non-hydrogen) atoms. The van der Waals surface area contributed by atoms with Crippen molar-refractivity contribution in [3.8, 4) is 0 Å². The molecule has 0 aromatic rings. The molecule has 1 aliphatic carbocycles. The zero-order valence-electron chi connectivity index (χ0n) is 12.9. The average molecular weight is 322 g/mol. The molecule has 1 aliphatic rings. The number of rotatable bonds is 8. The van der Waals surface area contributed by atoms with Crippen LogP contribution in [0.3, 0.4) is 0 Å². The van der Waals surface area contributed by atoms with Gasteiger partial charge in [-0.3, -0.25) is 9.79 Å². The van der Waals surface area contributed by atoms with Crippen LogP contribution in [0.2, 0.25) is 0 Å². The number of alkyl halides is 3. The Morgan fingerprint density at radius 3 is 2.45 bits per heavy atom. The van der Waals surface area contributed by atoms with E-state index in [2.05, 4.69) is 20.9 Å². The predicted octanol–water partition coefficient (Wildman–Crippen LogP) is 1.80. The molecule has 0 heterocycles. The quantitative estimate of drug-likeness (QED) is 0.363. The Morgan fingerprint density at radius 2 is 1.91 bits per heavy atom. The largest absolute Gasteiger partial charge is 0.390 e. The Labute approximate surface area is 129 Å². The normalized spacial score (nSPS) is 16.1. The van der Waals surface area contributed by atoms with Crippen molar-refractivity contribution in [1.29, 1.82) is 0 Å². The summed E-state index contributed by atoms with van der Waals surface area (Å²) in [6.45, 7) is 3.22. The summed E-state index contributed by atoms with van der Waals surface area (Å²) in [5.74, 6) is 0.646. The van der Waals surface area contributed by atoms with E-state index in [1.165, 1.54) is 0 Å². The minimum Gasteiger partial charge on any atom is -0.357 e. The van der Waals surface area contributed by atoms with Crippen LogP contribution in [0.1, 0.15) is 39.0 Å². The van der Waals surface area contributed by atoms with Gasteiger partial charge in [0.1, 0.15) is 0 Å². The van der Waals surface area contributed by atoms with Gasteiger partial charge in [0.05, 0.1) is 6.42 Å². The van der Waals surface area contributed by atoms with E-state index in [9.17, 15) is 18.0 Å². The number of aliphatic imine (C=N–C) groups is 1. The van der Waals surface area contributed by atoms with Gasteiger partial charge >= 0.3 is 6.18 Å². The Balaban J connectivity index is 2.16. The molecule has 0 atom stereocenters. The van der Waals surface area contributed by atoms with Gasteiger partial charge in [-0.15, -0.1) is 0 Å². The summed E-state index contributed by atoms with van der Waals surface area (Å²) in [4.78, 5) is 15.8. The molecule has 0 unspecified atom stereocenters. The maximum atomic E-state index is 12.1. The third-order valence-electron chi connectivity index (χ3n) is 3.43. The molecule has 1 amide bonds. The molecule has 0 spiro atoms. The Hall–Kier alpha value is -1.47. The van der Waals surface area contributed by atoms with Gasteiger partial charge < -0.3 is 16.0 Å². The highest BCUT2D eigenvalue weighted by atomic mass is 19.4. The first-order valence-electron chi connectivity index (χ1n) is 7.79. The van der Waals surface area contributed by atoms with Gasteiger partial charge in [-0.25, -0.2) is 0 Å². The highest BCUT2D eigenvalue weighted by Crippen LogP contribution is 2.26. The monoisotopic (exact) mass is 322 g/mol. The smallest absolute Gasteiger partial charge is 0.357 e. The highest BCUT2D eigenvalue weighted by Gasteiger charge is 2.26. The van der Waals surface area contributed by atoms with Crippen molar-refractivity contribution >= 4 is 11.9 Å². The summed E-state index contributed by atoms with van der Waals surface area (Å²) in [6, 6.07) is 0. The zero-order valence-corrected chi connectivity index (χ0v) is 12.9. The van der Waals surface area contributed by atoms with Crippen molar-refractivity contribution in [2.45, 2.75) is 45.2 Å². The van der Waals surface area contributed by atoms with Gasteiger partial charge in [0.25, 0.3) is 0 Å². The maximum Gasteiger partial charge on any atom is 0.390 e. The lowest BCUT2D eigenvalue weighted by atomic mass is 9.85. The molecule has 1 rings (SSSR count). The molecule has 0 aromatic carbocycles. The first-order chi connectivity index (χ1) is 10.4. The SMILES string of the molecule is CCNC(=NCCCNC(=O)C1CCC1)NCCC(F)(F)F. The molecule has 1 saturated carbocycles. The zero-order chi connectivity index (χ0) is 16.4. The van der Waals surface area contributed by atoms with E-state index < -0.39 is 12.6 Å². The number of carbonyl (C=O) groups is 1. The maximum absolute atomic E-state index is 12.1. The number of hydrogen-bond acceptors (Lipinski definition) is 2. The van der Waals surface area contributed by atoms with Gasteiger partial charge in [0.15, 0.2) is 5.96 Å².